The fourth-order valence-corrected chi connectivity index (χ4v) is 2.61. The van der Waals surface area contributed by atoms with E-state index in [0.717, 1.165) is 25.2 Å². The maximum absolute atomic E-state index is 11.8. The molecule has 4 atom stereocenters. The monoisotopic (exact) mass is 226 g/mol. The van der Waals surface area contributed by atoms with Gasteiger partial charge in [-0.3, -0.25) is 4.79 Å². The zero-order valence-corrected chi connectivity index (χ0v) is 10.8. The summed E-state index contributed by atoms with van der Waals surface area (Å²) in [5, 5.41) is 3.11. The molecule has 0 aliphatic heterocycles. The van der Waals surface area contributed by atoms with E-state index in [2.05, 4.69) is 26.1 Å². The molecule has 94 valence electrons. The number of carbonyl (C=O) groups is 1. The molecule has 3 nitrogen and oxygen atoms in total. The number of hydrogen-bond acceptors (Lipinski definition) is 2. The van der Waals surface area contributed by atoms with Gasteiger partial charge in [0.05, 0.1) is 6.04 Å². The molecule has 0 radical (unpaired) electrons. The largest absolute Gasteiger partial charge is 0.352 e. The lowest BCUT2D eigenvalue weighted by Gasteiger charge is -2.33. The second-order valence-electron chi connectivity index (χ2n) is 5.41. The zero-order chi connectivity index (χ0) is 12.1. The van der Waals surface area contributed by atoms with E-state index in [1.165, 1.54) is 12.8 Å². The molecule has 1 amide bonds. The highest BCUT2D eigenvalue weighted by Crippen LogP contribution is 2.28. The van der Waals surface area contributed by atoms with Crippen molar-refractivity contribution < 1.29 is 4.79 Å². The Balaban J connectivity index is 2.38. The second-order valence-corrected chi connectivity index (χ2v) is 5.41. The molecule has 0 heterocycles. The van der Waals surface area contributed by atoms with Crippen LogP contribution in [-0.2, 0) is 4.79 Å². The molecule has 3 heteroatoms. The molecule has 1 rings (SSSR count). The van der Waals surface area contributed by atoms with Gasteiger partial charge in [-0.15, -0.1) is 0 Å². The molecule has 1 saturated carbocycles. The lowest BCUT2D eigenvalue weighted by atomic mass is 9.80. The van der Waals surface area contributed by atoms with Crippen molar-refractivity contribution in [3.8, 4) is 0 Å². The fourth-order valence-electron chi connectivity index (χ4n) is 2.61. The van der Waals surface area contributed by atoms with Crippen molar-refractivity contribution in [1.29, 1.82) is 0 Å². The van der Waals surface area contributed by atoms with E-state index in [1.807, 2.05) is 0 Å². The highest BCUT2D eigenvalue weighted by Gasteiger charge is 2.27. The van der Waals surface area contributed by atoms with E-state index < -0.39 is 0 Å². The van der Waals surface area contributed by atoms with Crippen LogP contribution in [0.15, 0.2) is 0 Å². The molecule has 1 aliphatic carbocycles. The summed E-state index contributed by atoms with van der Waals surface area (Å²) in [4.78, 5) is 11.8. The third-order valence-electron chi connectivity index (χ3n) is 3.70. The smallest absolute Gasteiger partial charge is 0.237 e. The summed E-state index contributed by atoms with van der Waals surface area (Å²) in [6, 6.07) is 0.0168. The third kappa shape index (κ3) is 3.78. The van der Waals surface area contributed by atoms with Crippen LogP contribution in [0.5, 0.6) is 0 Å². The van der Waals surface area contributed by atoms with Crippen LogP contribution in [0.1, 0.15) is 52.9 Å². The Hall–Kier alpha value is -0.570. The van der Waals surface area contributed by atoms with E-state index in [4.69, 9.17) is 5.73 Å². The van der Waals surface area contributed by atoms with Crippen LogP contribution in [0.2, 0.25) is 0 Å². The molecule has 3 N–H and O–H groups in total. The van der Waals surface area contributed by atoms with E-state index in [1.54, 1.807) is 0 Å². The number of nitrogens with two attached hydrogens (primary N) is 1. The van der Waals surface area contributed by atoms with Crippen LogP contribution in [0, 0.1) is 11.8 Å². The molecule has 0 aromatic rings. The first-order chi connectivity index (χ1) is 7.54. The minimum absolute atomic E-state index is 0.0354. The van der Waals surface area contributed by atoms with Gasteiger partial charge in [0.1, 0.15) is 0 Å². The van der Waals surface area contributed by atoms with E-state index in [9.17, 15) is 4.79 Å². The molecular formula is C13H26N2O. The average Bonchev–Trinajstić information content (AvgIpc) is 2.22. The van der Waals surface area contributed by atoms with Gasteiger partial charge >= 0.3 is 0 Å². The summed E-state index contributed by atoms with van der Waals surface area (Å²) in [5.74, 6) is 1.42. The molecule has 0 aromatic carbocycles. The first kappa shape index (κ1) is 13.5. The molecule has 1 fully saturated rings. The number of amides is 1. The van der Waals surface area contributed by atoms with Gasteiger partial charge in [0.2, 0.25) is 5.91 Å². The zero-order valence-electron chi connectivity index (χ0n) is 10.8. The summed E-state index contributed by atoms with van der Waals surface area (Å²) < 4.78 is 0. The number of rotatable bonds is 4. The van der Waals surface area contributed by atoms with Crippen molar-refractivity contribution in [2.75, 3.05) is 0 Å². The Labute approximate surface area is 99.2 Å². The third-order valence-corrected chi connectivity index (χ3v) is 3.70. The van der Waals surface area contributed by atoms with E-state index in [-0.39, 0.29) is 11.9 Å². The maximum atomic E-state index is 11.8. The molecule has 4 unspecified atom stereocenters. The summed E-state index contributed by atoms with van der Waals surface area (Å²) in [7, 11) is 0. The normalized spacial score (nSPS) is 32.1. The Morgan fingerprint density at radius 1 is 1.44 bits per heavy atom. The Bertz CT molecular complexity index is 230. The van der Waals surface area contributed by atoms with E-state index >= 15 is 0 Å². The SMILES string of the molecule is CCCC(N)C(=O)NC1CCC(C)CC1C. The quantitative estimate of drug-likeness (QED) is 0.771. The molecule has 0 saturated heterocycles. The Kier molecular flexibility index (Phi) is 5.26. The van der Waals surface area contributed by atoms with Gasteiger partial charge in [0, 0.05) is 6.04 Å². The van der Waals surface area contributed by atoms with Crippen LogP contribution in [0.3, 0.4) is 0 Å². The standard InChI is InChI=1S/C13H26N2O/c1-4-5-11(14)13(16)15-12-7-6-9(2)8-10(12)3/h9-12H,4-8,14H2,1-3H3,(H,15,16). The second kappa shape index (κ2) is 6.24. The van der Waals surface area contributed by atoms with Crippen molar-refractivity contribution >= 4 is 5.91 Å². The van der Waals surface area contributed by atoms with Crippen LogP contribution in [-0.4, -0.2) is 18.0 Å². The summed E-state index contributed by atoms with van der Waals surface area (Å²) in [6.45, 7) is 6.57. The number of hydrogen-bond donors (Lipinski definition) is 2. The van der Waals surface area contributed by atoms with Crippen molar-refractivity contribution in [2.45, 2.75) is 65.0 Å². The molecular weight excluding hydrogens is 200 g/mol. The topological polar surface area (TPSA) is 55.1 Å². The van der Waals surface area contributed by atoms with Crippen molar-refractivity contribution in [3.05, 3.63) is 0 Å². The first-order valence-corrected chi connectivity index (χ1v) is 6.60. The van der Waals surface area contributed by atoms with Gasteiger partial charge in [-0.1, -0.05) is 27.2 Å². The molecule has 0 spiro atoms. The van der Waals surface area contributed by atoms with Gasteiger partial charge < -0.3 is 11.1 Å². The molecule has 1 aliphatic rings. The van der Waals surface area contributed by atoms with E-state index in [0.29, 0.717) is 12.0 Å². The van der Waals surface area contributed by atoms with Crippen LogP contribution in [0.4, 0.5) is 0 Å². The fraction of sp³-hybridized carbons (Fsp3) is 0.923. The van der Waals surface area contributed by atoms with Crippen molar-refractivity contribution in [3.63, 3.8) is 0 Å². The predicted octanol–water partition coefficient (Wildman–Crippen LogP) is 2.05. The maximum Gasteiger partial charge on any atom is 0.237 e. The average molecular weight is 226 g/mol. The lowest BCUT2D eigenvalue weighted by Crippen LogP contribution is -2.49. The van der Waals surface area contributed by atoms with Gasteiger partial charge in [-0.05, 0) is 37.5 Å². The van der Waals surface area contributed by atoms with Crippen molar-refractivity contribution in [2.24, 2.45) is 17.6 Å². The number of nitrogens with one attached hydrogen (secondary N) is 1. The minimum atomic E-state index is -0.323. The predicted molar refractivity (Wildman–Crippen MR) is 67.0 cm³/mol. The van der Waals surface area contributed by atoms with Gasteiger partial charge in [0.15, 0.2) is 0 Å². The Morgan fingerprint density at radius 3 is 2.69 bits per heavy atom. The van der Waals surface area contributed by atoms with Crippen LogP contribution in [0.25, 0.3) is 0 Å². The van der Waals surface area contributed by atoms with Gasteiger partial charge in [-0.25, -0.2) is 0 Å². The molecule has 0 aromatic heterocycles. The summed E-state index contributed by atoms with van der Waals surface area (Å²) in [6.07, 6.45) is 5.29. The lowest BCUT2D eigenvalue weighted by molar-refractivity contribution is -0.123. The van der Waals surface area contributed by atoms with Crippen molar-refractivity contribution in [1.82, 2.24) is 5.32 Å². The molecule has 0 bridgehead atoms. The summed E-state index contributed by atoms with van der Waals surface area (Å²) in [5.41, 5.74) is 5.81. The Morgan fingerprint density at radius 2 is 2.12 bits per heavy atom. The van der Waals surface area contributed by atoms with Crippen LogP contribution < -0.4 is 11.1 Å². The summed E-state index contributed by atoms with van der Waals surface area (Å²) >= 11 is 0. The first-order valence-electron chi connectivity index (χ1n) is 6.60. The highest BCUT2D eigenvalue weighted by atomic mass is 16.2. The number of carbonyl (C=O) groups excluding carboxylic acids is 1. The molecule has 16 heavy (non-hydrogen) atoms. The highest BCUT2D eigenvalue weighted by molar-refractivity contribution is 5.81. The van der Waals surface area contributed by atoms with Crippen LogP contribution >= 0.6 is 0 Å². The van der Waals surface area contributed by atoms with Gasteiger partial charge in [-0.2, -0.15) is 0 Å². The van der Waals surface area contributed by atoms with Gasteiger partial charge in [0.25, 0.3) is 0 Å². The minimum Gasteiger partial charge on any atom is -0.352 e.